The van der Waals surface area contributed by atoms with Crippen molar-refractivity contribution >= 4 is 17.2 Å². The molecule has 0 radical (unpaired) electrons. The highest BCUT2D eigenvalue weighted by molar-refractivity contribution is 5.92. The van der Waals surface area contributed by atoms with Gasteiger partial charge < -0.3 is 15.7 Å². The van der Waals surface area contributed by atoms with Crippen molar-refractivity contribution in [2.24, 2.45) is 0 Å². The number of aromatic amines is 2. The maximum atomic E-state index is 13.9. The van der Waals surface area contributed by atoms with Gasteiger partial charge in [0.05, 0.1) is 17.0 Å². The normalized spacial score (nSPS) is 12.1. The SMILES string of the molecule is CCc1cc(CNCc2ccccc2)cc(-c2cnc3n[nH]c(-c4nc(C(C=N)c5cccc(F)c5)c(C)[nH]4)c3c2)c1. The minimum atomic E-state index is -0.473. The number of fused-ring (bicyclic) bond motifs is 1. The van der Waals surface area contributed by atoms with Crippen LogP contribution in [0, 0.1) is 18.2 Å². The molecule has 0 aliphatic carbocycles. The Balaban J connectivity index is 1.31. The lowest BCUT2D eigenvalue weighted by Crippen LogP contribution is -2.12. The first-order valence-electron chi connectivity index (χ1n) is 14.1. The summed E-state index contributed by atoms with van der Waals surface area (Å²) in [4.78, 5) is 12.8. The molecule has 6 rings (SSSR count). The van der Waals surface area contributed by atoms with Gasteiger partial charge in [-0.25, -0.2) is 14.4 Å². The van der Waals surface area contributed by atoms with Crippen LogP contribution in [-0.4, -0.2) is 31.4 Å². The molecule has 3 aromatic heterocycles. The van der Waals surface area contributed by atoms with Crippen LogP contribution in [0.4, 0.5) is 4.39 Å². The van der Waals surface area contributed by atoms with Crippen LogP contribution < -0.4 is 5.32 Å². The quantitative estimate of drug-likeness (QED) is 0.135. The van der Waals surface area contributed by atoms with E-state index in [1.807, 2.05) is 25.3 Å². The number of pyridine rings is 1. The molecule has 0 aliphatic rings. The number of H-pyrrole nitrogens is 2. The molecule has 0 aliphatic heterocycles. The summed E-state index contributed by atoms with van der Waals surface area (Å²) in [5.74, 6) is -0.215. The molecular formula is C34H32FN7. The molecule has 0 spiro atoms. The summed E-state index contributed by atoms with van der Waals surface area (Å²) >= 11 is 0. The molecule has 0 amide bonds. The number of aromatic nitrogens is 5. The number of aryl methyl sites for hydroxylation is 2. The van der Waals surface area contributed by atoms with E-state index in [0.29, 0.717) is 28.4 Å². The Morgan fingerprint density at radius 2 is 1.74 bits per heavy atom. The fraction of sp³-hybridized carbons (Fsp3) is 0.176. The predicted molar refractivity (Wildman–Crippen MR) is 165 cm³/mol. The topological polar surface area (TPSA) is 106 Å². The smallest absolute Gasteiger partial charge is 0.181 e. The van der Waals surface area contributed by atoms with Crippen LogP contribution in [0.5, 0.6) is 0 Å². The van der Waals surface area contributed by atoms with Crippen molar-refractivity contribution in [1.82, 2.24) is 30.5 Å². The van der Waals surface area contributed by atoms with E-state index in [-0.39, 0.29) is 5.82 Å². The number of halogens is 1. The molecule has 0 saturated heterocycles. The average molecular weight is 558 g/mol. The molecule has 42 heavy (non-hydrogen) atoms. The summed E-state index contributed by atoms with van der Waals surface area (Å²) in [6, 6.07) is 25.5. The van der Waals surface area contributed by atoms with E-state index in [1.165, 1.54) is 35.0 Å². The van der Waals surface area contributed by atoms with Gasteiger partial charge in [-0.15, -0.1) is 0 Å². The van der Waals surface area contributed by atoms with Crippen molar-refractivity contribution in [3.63, 3.8) is 0 Å². The third-order valence-electron chi connectivity index (χ3n) is 7.53. The van der Waals surface area contributed by atoms with Crippen molar-refractivity contribution in [2.75, 3.05) is 0 Å². The zero-order valence-electron chi connectivity index (χ0n) is 23.6. The van der Waals surface area contributed by atoms with Crippen molar-refractivity contribution in [3.8, 4) is 22.6 Å². The van der Waals surface area contributed by atoms with Crippen LogP contribution in [0.3, 0.4) is 0 Å². The van der Waals surface area contributed by atoms with E-state index in [1.54, 1.807) is 6.07 Å². The van der Waals surface area contributed by atoms with Gasteiger partial charge in [0.25, 0.3) is 0 Å². The second kappa shape index (κ2) is 11.9. The fourth-order valence-corrected chi connectivity index (χ4v) is 5.35. The molecule has 6 aromatic rings. The number of imidazole rings is 1. The number of rotatable bonds is 10. The van der Waals surface area contributed by atoms with Crippen LogP contribution in [-0.2, 0) is 19.5 Å². The number of nitrogens with zero attached hydrogens (tertiary/aromatic N) is 3. The number of benzene rings is 3. The molecule has 8 heteroatoms. The van der Waals surface area contributed by atoms with E-state index in [2.05, 4.69) is 80.9 Å². The van der Waals surface area contributed by atoms with Gasteiger partial charge in [-0.1, -0.05) is 61.5 Å². The first-order valence-corrected chi connectivity index (χ1v) is 14.1. The first kappa shape index (κ1) is 27.2. The number of nitrogens with one attached hydrogen (secondary N) is 4. The van der Waals surface area contributed by atoms with Crippen LogP contribution in [0.15, 0.2) is 85.1 Å². The molecule has 3 aromatic carbocycles. The molecular weight excluding hydrogens is 525 g/mol. The summed E-state index contributed by atoms with van der Waals surface area (Å²) < 4.78 is 13.9. The maximum Gasteiger partial charge on any atom is 0.181 e. The van der Waals surface area contributed by atoms with Gasteiger partial charge in [0.15, 0.2) is 11.5 Å². The lowest BCUT2D eigenvalue weighted by Gasteiger charge is -2.11. The summed E-state index contributed by atoms with van der Waals surface area (Å²) in [6.45, 7) is 5.64. The Labute approximate surface area is 243 Å². The standard InChI is InChI=1S/C34H32FN7/c1-3-22-12-24(19-37-18-23-8-5-4-6-9-23)14-26(13-22)27-16-29-32(41-42-33(29)38-20-27)34-39-21(2)31(40-34)30(17-36)25-10-7-11-28(35)15-25/h4-17,20,30,36-37H,3,18-19H2,1-2H3,(H,39,40)(H,38,41,42). The Bertz CT molecular complexity index is 1860. The van der Waals surface area contributed by atoms with Crippen molar-refractivity contribution < 1.29 is 4.39 Å². The van der Waals surface area contributed by atoms with Gasteiger partial charge in [-0.3, -0.25) is 5.10 Å². The molecule has 7 nitrogen and oxygen atoms in total. The monoisotopic (exact) mass is 557 g/mol. The van der Waals surface area contributed by atoms with Gasteiger partial charge in [0.2, 0.25) is 0 Å². The molecule has 1 atom stereocenters. The van der Waals surface area contributed by atoms with Gasteiger partial charge in [0.1, 0.15) is 11.5 Å². The summed E-state index contributed by atoms with van der Waals surface area (Å²) in [5, 5.41) is 20.0. The van der Waals surface area contributed by atoms with Crippen molar-refractivity contribution in [1.29, 1.82) is 5.41 Å². The third kappa shape index (κ3) is 5.62. The third-order valence-corrected chi connectivity index (χ3v) is 7.53. The highest BCUT2D eigenvalue weighted by atomic mass is 19.1. The van der Waals surface area contributed by atoms with Gasteiger partial charge in [0, 0.05) is 36.8 Å². The summed E-state index contributed by atoms with van der Waals surface area (Å²) in [6.07, 6.45) is 4.08. The zero-order chi connectivity index (χ0) is 29.1. The maximum absolute atomic E-state index is 13.9. The Morgan fingerprint density at radius 3 is 2.52 bits per heavy atom. The van der Waals surface area contributed by atoms with Gasteiger partial charge in [-0.2, -0.15) is 5.10 Å². The van der Waals surface area contributed by atoms with Crippen LogP contribution >= 0.6 is 0 Å². The average Bonchev–Trinajstić information content (AvgIpc) is 3.61. The minimum absolute atomic E-state index is 0.340. The van der Waals surface area contributed by atoms with Crippen molar-refractivity contribution in [3.05, 3.63) is 125 Å². The van der Waals surface area contributed by atoms with E-state index < -0.39 is 5.92 Å². The number of hydrogen-bond acceptors (Lipinski definition) is 5. The van der Waals surface area contributed by atoms with Gasteiger partial charge >= 0.3 is 0 Å². The van der Waals surface area contributed by atoms with E-state index in [9.17, 15) is 4.39 Å². The van der Waals surface area contributed by atoms with E-state index in [4.69, 9.17) is 10.4 Å². The van der Waals surface area contributed by atoms with Crippen LogP contribution in [0.1, 0.15) is 46.5 Å². The summed E-state index contributed by atoms with van der Waals surface area (Å²) in [7, 11) is 0. The Kier molecular flexibility index (Phi) is 7.70. The van der Waals surface area contributed by atoms with Gasteiger partial charge in [-0.05, 0) is 65.4 Å². The van der Waals surface area contributed by atoms with Crippen molar-refractivity contribution in [2.45, 2.75) is 39.3 Å². The fourth-order valence-electron chi connectivity index (χ4n) is 5.35. The predicted octanol–water partition coefficient (Wildman–Crippen LogP) is 7.10. The highest BCUT2D eigenvalue weighted by Crippen LogP contribution is 2.32. The minimum Gasteiger partial charge on any atom is -0.341 e. The number of hydrogen-bond donors (Lipinski definition) is 4. The lowest BCUT2D eigenvalue weighted by molar-refractivity contribution is 0.625. The van der Waals surface area contributed by atoms with Crippen LogP contribution in [0.25, 0.3) is 33.7 Å². The largest absolute Gasteiger partial charge is 0.341 e. The molecule has 0 fully saturated rings. The molecule has 1 unspecified atom stereocenters. The molecule has 4 N–H and O–H groups in total. The second-order valence-electron chi connectivity index (χ2n) is 10.5. The molecule has 210 valence electrons. The molecule has 3 heterocycles. The zero-order valence-corrected chi connectivity index (χ0v) is 23.6. The Hall–Kier alpha value is -4.95. The van der Waals surface area contributed by atoms with E-state index >= 15 is 0 Å². The van der Waals surface area contributed by atoms with E-state index in [0.717, 1.165) is 41.7 Å². The Morgan fingerprint density at radius 1 is 0.929 bits per heavy atom. The van der Waals surface area contributed by atoms with Crippen LogP contribution in [0.2, 0.25) is 0 Å². The summed E-state index contributed by atoms with van der Waals surface area (Å²) in [5.41, 5.74) is 9.28. The first-order chi connectivity index (χ1) is 20.5. The highest BCUT2D eigenvalue weighted by Gasteiger charge is 2.21. The second-order valence-corrected chi connectivity index (χ2v) is 10.5. The lowest BCUT2D eigenvalue weighted by atomic mass is 9.96. The molecule has 0 saturated carbocycles. The molecule has 0 bridgehead atoms.